The van der Waals surface area contributed by atoms with Crippen LogP contribution in [0.5, 0.6) is 11.5 Å². The van der Waals surface area contributed by atoms with Gasteiger partial charge in [-0.2, -0.15) is 0 Å². The normalized spacial score (nSPS) is 15.7. The Morgan fingerprint density at radius 1 is 1.18 bits per heavy atom. The molecule has 0 saturated carbocycles. The summed E-state index contributed by atoms with van der Waals surface area (Å²) in [6, 6.07) is 5.92. The fourth-order valence-corrected chi connectivity index (χ4v) is 3.39. The van der Waals surface area contributed by atoms with Crippen LogP contribution in [0.25, 0.3) is 10.6 Å². The molecular weight excluding hydrogens is 298 g/mol. The Labute approximate surface area is 134 Å². The molecule has 0 bridgehead atoms. The third-order valence-corrected chi connectivity index (χ3v) is 4.72. The fraction of sp³-hybridized carbons (Fsp3) is 0.438. The number of hydrogen-bond donors (Lipinski definition) is 1. The van der Waals surface area contributed by atoms with Crippen molar-refractivity contribution in [2.24, 2.45) is 0 Å². The lowest BCUT2D eigenvalue weighted by Crippen LogP contribution is -2.42. The molecule has 0 spiro atoms. The monoisotopic (exact) mass is 319 g/mol. The van der Waals surface area contributed by atoms with Crippen LogP contribution >= 0.6 is 11.3 Å². The highest BCUT2D eigenvalue weighted by molar-refractivity contribution is 7.13. The standard InChI is InChI=1S/C16H21N3O2S/c1-20-14-4-3-12(9-15(14)21-2)16-18-13(11-22-16)10-19-7-5-17-6-8-19/h3-4,9,11,17H,5-8,10H2,1-2H3. The molecule has 1 fully saturated rings. The Balaban J connectivity index is 1.75. The smallest absolute Gasteiger partial charge is 0.161 e. The number of piperazine rings is 1. The first kappa shape index (κ1) is 15.3. The largest absolute Gasteiger partial charge is 0.493 e. The van der Waals surface area contributed by atoms with Gasteiger partial charge in [0.2, 0.25) is 0 Å². The van der Waals surface area contributed by atoms with Crippen molar-refractivity contribution in [2.75, 3.05) is 40.4 Å². The van der Waals surface area contributed by atoms with Gasteiger partial charge in [0.25, 0.3) is 0 Å². The second-order valence-electron chi connectivity index (χ2n) is 5.24. The molecule has 2 aromatic rings. The lowest BCUT2D eigenvalue weighted by atomic mass is 10.2. The number of aromatic nitrogens is 1. The topological polar surface area (TPSA) is 46.6 Å². The SMILES string of the molecule is COc1ccc(-c2nc(CN3CCNCC3)cs2)cc1OC. The summed E-state index contributed by atoms with van der Waals surface area (Å²) in [5.41, 5.74) is 2.20. The van der Waals surface area contributed by atoms with E-state index in [9.17, 15) is 0 Å². The van der Waals surface area contributed by atoms with Gasteiger partial charge in [0.1, 0.15) is 5.01 Å². The lowest BCUT2D eigenvalue weighted by molar-refractivity contribution is 0.231. The highest BCUT2D eigenvalue weighted by atomic mass is 32.1. The van der Waals surface area contributed by atoms with E-state index >= 15 is 0 Å². The average molecular weight is 319 g/mol. The van der Waals surface area contributed by atoms with Gasteiger partial charge in [-0.05, 0) is 18.2 Å². The molecule has 1 aliphatic heterocycles. The van der Waals surface area contributed by atoms with E-state index in [1.807, 2.05) is 18.2 Å². The van der Waals surface area contributed by atoms with Crippen molar-refractivity contribution in [3.63, 3.8) is 0 Å². The van der Waals surface area contributed by atoms with Crippen LogP contribution in [0.15, 0.2) is 23.6 Å². The minimum Gasteiger partial charge on any atom is -0.493 e. The summed E-state index contributed by atoms with van der Waals surface area (Å²) in [7, 11) is 3.30. The van der Waals surface area contributed by atoms with Crippen LogP contribution < -0.4 is 14.8 Å². The number of hydrogen-bond acceptors (Lipinski definition) is 6. The highest BCUT2D eigenvalue weighted by Gasteiger charge is 2.13. The molecule has 0 atom stereocenters. The van der Waals surface area contributed by atoms with E-state index in [-0.39, 0.29) is 0 Å². The number of thiazole rings is 1. The molecule has 0 aliphatic carbocycles. The molecule has 2 heterocycles. The van der Waals surface area contributed by atoms with Gasteiger partial charge in [-0.25, -0.2) is 4.98 Å². The first-order valence-corrected chi connectivity index (χ1v) is 8.28. The molecule has 6 heteroatoms. The van der Waals surface area contributed by atoms with Crippen molar-refractivity contribution >= 4 is 11.3 Å². The number of rotatable bonds is 5. The average Bonchev–Trinajstić information content (AvgIpc) is 3.03. The van der Waals surface area contributed by atoms with Crippen LogP contribution in [-0.4, -0.2) is 50.3 Å². The molecule has 0 radical (unpaired) electrons. The zero-order valence-electron chi connectivity index (χ0n) is 13.0. The Hall–Kier alpha value is -1.63. The molecule has 0 unspecified atom stereocenters. The number of ether oxygens (including phenoxy) is 2. The van der Waals surface area contributed by atoms with Crippen LogP contribution in [0, 0.1) is 0 Å². The fourth-order valence-electron chi connectivity index (χ4n) is 2.58. The molecule has 5 nitrogen and oxygen atoms in total. The van der Waals surface area contributed by atoms with Crippen LogP contribution in [0.3, 0.4) is 0 Å². The maximum atomic E-state index is 5.36. The molecule has 1 aliphatic rings. The summed E-state index contributed by atoms with van der Waals surface area (Å²) in [6.45, 7) is 5.22. The Morgan fingerprint density at radius 3 is 2.68 bits per heavy atom. The van der Waals surface area contributed by atoms with Gasteiger partial charge in [-0.3, -0.25) is 4.90 Å². The van der Waals surface area contributed by atoms with E-state index < -0.39 is 0 Å². The van der Waals surface area contributed by atoms with E-state index in [1.165, 1.54) is 0 Å². The summed E-state index contributed by atoms with van der Waals surface area (Å²) in [4.78, 5) is 7.20. The summed E-state index contributed by atoms with van der Waals surface area (Å²) in [5, 5.41) is 6.54. The quantitative estimate of drug-likeness (QED) is 0.916. The Bertz CT molecular complexity index is 624. The first-order chi connectivity index (χ1) is 10.8. The number of nitrogens with one attached hydrogen (secondary N) is 1. The highest BCUT2D eigenvalue weighted by Crippen LogP contribution is 2.33. The van der Waals surface area contributed by atoms with Crippen molar-refractivity contribution in [3.8, 4) is 22.1 Å². The van der Waals surface area contributed by atoms with E-state index in [1.54, 1.807) is 25.6 Å². The predicted molar refractivity (Wildman–Crippen MR) is 88.8 cm³/mol. The summed E-state index contributed by atoms with van der Waals surface area (Å²) in [6.07, 6.45) is 0. The minimum atomic E-state index is 0.735. The van der Waals surface area contributed by atoms with Crippen molar-refractivity contribution in [3.05, 3.63) is 29.3 Å². The molecule has 1 aromatic carbocycles. The van der Waals surface area contributed by atoms with Gasteiger partial charge < -0.3 is 14.8 Å². The van der Waals surface area contributed by atoms with E-state index in [4.69, 9.17) is 14.5 Å². The maximum Gasteiger partial charge on any atom is 0.161 e. The summed E-state index contributed by atoms with van der Waals surface area (Å²) < 4.78 is 10.6. The summed E-state index contributed by atoms with van der Waals surface area (Å²) >= 11 is 1.67. The van der Waals surface area contributed by atoms with Crippen LogP contribution in [0.1, 0.15) is 5.69 Å². The van der Waals surface area contributed by atoms with Crippen LogP contribution in [-0.2, 0) is 6.54 Å². The number of nitrogens with zero attached hydrogens (tertiary/aromatic N) is 2. The lowest BCUT2D eigenvalue weighted by Gasteiger charge is -2.26. The van der Waals surface area contributed by atoms with Gasteiger partial charge in [0.05, 0.1) is 19.9 Å². The predicted octanol–water partition coefficient (Wildman–Crippen LogP) is 2.23. The molecule has 22 heavy (non-hydrogen) atoms. The zero-order valence-corrected chi connectivity index (χ0v) is 13.8. The van der Waals surface area contributed by atoms with Gasteiger partial charge >= 0.3 is 0 Å². The van der Waals surface area contributed by atoms with Gasteiger partial charge in [-0.1, -0.05) is 0 Å². The van der Waals surface area contributed by atoms with Crippen LogP contribution in [0.4, 0.5) is 0 Å². The molecule has 1 saturated heterocycles. The van der Waals surface area contributed by atoms with E-state index in [2.05, 4.69) is 15.6 Å². The van der Waals surface area contributed by atoms with E-state index in [0.717, 1.165) is 60.5 Å². The first-order valence-electron chi connectivity index (χ1n) is 7.40. The Morgan fingerprint density at radius 2 is 1.95 bits per heavy atom. The molecular formula is C16H21N3O2S. The molecule has 3 rings (SSSR count). The summed E-state index contributed by atoms with van der Waals surface area (Å²) in [5.74, 6) is 1.47. The third kappa shape index (κ3) is 3.40. The van der Waals surface area contributed by atoms with Crippen molar-refractivity contribution in [1.29, 1.82) is 0 Å². The zero-order chi connectivity index (χ0) is 15.4. The van der Waals surface area contributed by atoms with Gasteiger partial charge in [0.15, 0.2) is 11.5 Å². The number of benzene rings is 1. The second kappa shape index (κ2) is 7.09. The van der Waals surface area contributed by atoms with Crippen molar-refractivity contribution in [1.82, 2.24) is 15.2 Å². The second-order valence-corrected chi connectivity index (χ2v) is 6.10. The molecule has 118 valence electrons. The van der Waals surface area contributed by atoms with Gasteiger partial charge in [0, 0.05) is 43.7 Å². The maximum absolute atomic E-state index is 5.36. The molecule has 1 N–H and O–H groups in total. The van der Waals surface area contributed by atoms with Crippen molar-refractivity contribution < 1.29 is 9.47 Å². The Kier molecular flexibility index (Phi) is 4.92. The van der Waals surface area contributed by atoms with Gasteiger partial charge in [-0.15, -0.1) is 11.3 Å². The third-order valence-electron chi connectivity index (χ3n) is 3.78. The van der Waals surface area contributed by atoms with Crippen LogP contribution in [0.2, 0.25) is 0 Å². The van der Waals surface area contributed by atoms with Crippen molar-refractivity contribution in [2.45, 2.75) is 6.54 Å². The van der Waals surface area contributed by atoms with E-state index in [0.29, 0.717) is 0 Å². The molecule has 1 aromatic heterocycles. The number of methoxy groups -OCH3 is 2. The molecule has 0 amide bonds. The minimum absolute atomic E-state index is 0.735.